The molecule has 0 radical (unpaired) electrons. The predicted octanol–water partition coefficient (Wildman–Crippen LogP) is 5.44. The van der Waals surface area contributed by atoms with Crippen LogP contribution in [-0.4, -0.2) is 17.4 Å². The molecule has 3 rings (SSSR count). The molecule has 1 amide bonds. The van der Waals surface area contributed by atoms with Crippen molar-refractivity contribution in [2.45, 2.75) is 0 Å². The number of halogens is 1. The summed E-state index contributed by atoms with van der Waals surface area (Å²) < 4.78 is 6.19. The van der Waals surface area contributed by atoms with Gasteiger partial charge < -0.3 is 10.1 Å². The van der Waals surface area contributed by atoms with E-state index in [0.717, 1.165) is 5.56 Å². The number of nitro groups is 1. The lowest BCUT2D eigenvalue weighted by atomic mass is 10.0. The van der Waals surface area contributed by atoms with Crippen LogP contribution >= 0.6 is 15.9 Å². The van der Waals surface area contributed by atoms with E-state index < -0.39 is 4.92 Å². The molecule has 0 atom stereocenters. The molecule has 0 aliphatic rings. The van der Waals surface area contributed by atoms with Crippen LogP contribution in [-0.2, 0) is 4.79 Å². The second kappa shape index (κ2) is 10.2. The number of anilines is 1. The second-order valence-corrected chi connectivity index (χ2v) is 7.22. The van der Waals surface area contributed by atoms with E-state index in [1.807, 2.05) is 18.2 Å². The summed E-state index contributed by atoms with van der Waals surface area (Å²) in [5, 5.41) is 23.0. The lowest BCUT2D eigenvalue weighted by Crippen LogP contribution is -2.20. The Morgan fingerprint density at radius 1 is 1.13 bits per heavy atom. The Morgan fingerprint density at radius 3 is 2.45 bits per heavy atom. The van der Waals surface area contributed by atoms with E-state index in [2.05, 4.69) is 27.3 Å². The highest BCUT2D eigenvalue weighted by molar-refractivity contribution is 9.10. The Morgan fingerprint density at radius 2 is 1.84 bits per heavy atom. The van der Waals surface area contributed by atoms with Gasteiger partial charge in [-0.2, -0.15) is 5.26 Å². The maximum absolute atomic E-state index is 12.0. The quantitative estimate of drug-likeness (QED) is 0.211. The fourth-order valence-electron chi connectivity index (χ4n) is 2.70. The summed E-state index contributed by atoms with van der Waals surface area (Å²) >= 11 is 3.41. The van der Waals surface area contributed by atoms with Gasteiger partial charge in [0.1, 0.15) is 5.75 Å². The zero-order valence-electron chi connectivity index (χ0n) is 16.1. The average Bonchev–Trinajstić information content (AvgIpc) is 2.77. The first-order valence-electron chi connectivity index (χ1n) is 9.10. The van der Waals surface area contributed by atoms with Gasteiger partial charge in [0.05, 0.1) is 21.0 Å². The minimum absolute atomic E-state index is 0.0402. The van der Waals surface area contributed by atoms with E-state index in [-0.39, 0.29) is 18.2 Å². The van der Waals surface area contributed by atoms with Gasteiger partial charge in [0.2, 0.25) is 0 Å². The number of ether oxygens (including phenoxy) is 1. The maximum Gasteiger partial charge on any atom is 0.269 e. The van der Waals surface area contributed by atoms with Crippen molar-refractivity contribution in [3.63, 3.8) is 0 Å². The summed E-state index contributed by atoms with van der Waals surface area (Å²) in [5.74, 6) is 0.196. The number of hydrogen-bond donors (Lipinski definition) is 1. The first-order chi connectivity index (χ1) is 15.0. The third-order valence-electron chi connectivity index (χ3n) is 4.19. The Balaban J connectivity index is 1.68. The van der Waals surface area contributed by atoms with Crippen molar-refractivity contribution in [1.29, 1.82) is 5.26 Å². The molecule has 1 N–H and O–H groups in total. The molecular formula is C23H16BrN3O4. The number of carbonyl (C=O) groups is 1. The normalized spacial score (nSPS) is 10.8. The van der Waals surface area contributed by atoms with Gasteiger partial charge >= 0.3 is 0 Å². The molecule has 8 heteroatoms. The van der Waals surface area contributed by atoms with Crippen LogP contribution in [0.15, 0.2) is 77.3 Å². The average molecular weight is 478 g/mol. The maximum atomic E-state index is 12.0. The van der Waals surface area contributed by atoms with Gasteiger partial charge in [-0.25, -0.2) is 0 Å². The Labute approximate surface area is 186 Å². The molecule has 0 fully saturated rings. The molecule has 0 heterocycles. The Kier molecular flexibility index (Phi) is 7.14. The third kappa shape index (κ3) is 6.01. The molecular weight excluding hydrogens is 462 g/mol. The minimum atomic E-state index is -0.491. The SMILES string of the molecule is N#C/C(=C\c1ccc(OCC(=O)Nc2ccccc2)c(Br)c1)c1ccc([N+](=O)[O-])cc1. The summed E-state index contributed by atoms with van der Waals surface area (Å²) in [5.41, 5.74) is 2.30. The smallest absolute Gasteiger partial charge is 0.269 e. The van der Waals surface area contributed by atoms with Crippen molar-refractivity contribution in [1.82, 2.24) is 0 Å². The summed E-state index contributed by atoms with van der Waals surface area (Å²) in [7, 11) is 0. The van der Waals surface area contributed by atoms with E-state index in [9.17, 15) is 20.2 Å². The molecule has 0 bridgehead atoms. The van der Waals surface area contributed by atoms with Gasteiger partial charge in [0.25, 0.3) is 11.6 Å². The van der Waals surface area contributed by atoms with Gasteiger partial charge in [-0.05, 0) is 69.5 Å². The number of hydrogen-bond acceptors (Lipinski definition) is 5. The van der Waals surface area contributed by atoms with Crippen LogP contribution in [0.3, 0.4) is 0 Å². The molecule has 0 saturated heterocycles. The highest BCUT2D eigenvalue weighted by atomic mass is 79.9. The highest BCUT2D eigenvalue weighted by Crippen LogP contribution is 2.28. The van der Waals surface area contributed by atoms with Crippen LogP contribution in [0.2, 0.25) is 0 Å². The van der Waals surface area contributed by atoms with Gasteiger partial charge in [-0.15, -0.1) is 0 Å². The fourth-order valence-corrected chi connectivity index (χ4v) is 3.21. The molecule has 0 unspecified atom stereocenters. The van der Waals surface area contributed by atoms with Crippen LogP contribution in [0, 0.1) is 21.4 Å². The number of carbonyl (C=O) groups excluding carboxylic acids is 1. The van der Waals surface area contributed by atoms with E-state index in [1.54, 1.807) is 36.4 Å². The molecule has 0 aromatic heterocycles. The summed E-state index contributed by atoms with van der Waals surface area (Å²) in [6.07, 6.45) is 1.66. The standard InChI is InChI=1S/C23H16BrN3O4/c24-21-13-16(12-18(14-25)17-7-9-20(10-8-17)27(29)30)6-11-22(21)31-15-23(28)26-19-4-2-1-3-5-19/h1-13H,15H2,(H,26,28)/b18-12+. The van der Waals surface area contributed by atoms with E-state index >= 15 is 0 Å². The lowest BCUT2D eigenvalue weighted by Gasteiger charge is -2.10. The van der Waals surface area contributed by atoms with Crippen molar-refractivity contribution in [2.24, 2.45) is 0 Å². The fraction of sp³-hybridized carbons (Fsp3) is 0.0435. The van der Waals surface area contributed by atoms with Crippen molar-refractivity contribution < 1.29 is 14.5 Å². The van der Waals surface area contributed by atoms with Gasteiger partial charge in [-0.1, -0.05) is 24.3 Å². The van der Waals surface area contributed by atoms with E-state index in [1.165, 1.54) is 24.3 Å². The number of non-ortho nitro benzene ring substituents is 1. The number of nitrogens with zero attached hydrogens (tertiary/aromatic N) is 2. The van der Waals surface area contributed by atoms with E-state index in [0.29, 0.717) is 27.0 Å². The Bertz CT molecular complexity index is 1170. The predicted molar refractivity (Wildman–Crippen MR) is 121 cm³/mol. The molecule has 0 saturated carbocycles. The number of rotatable bonds is 7. The van der Waals surface area contributed by atoms with Crippen LogP contribution in [0.5, 0.6) is 5.75 Å². The number of allylic oxidation sites excluding steroid dienone is 1. The summed E-state index contributed by atoms with van der Waals surface area (Å²) in [4.78, 5) is 22.3. The van der Waals surface area contributed by atoms with Crippen molar-refractivity contribution in [2.75, 3.05) is 11.9 Å². The molecule has 154 valence electrons. The molecule has 3 aromatic carbocycles. The number of nitro benzene ring substituents is 1. The van der Waals surface area contributed by atoms with Gasteiger partial charge in [-0.3, -0.25) is 14.9 Å². The van der Waals surface area contributed by atoms with Crippen molar-refractivity contribution >= 4 is 44.9 Å². The monoisotopic (exact) mass is 477 g/mol. The van der Waals surface area contributed by atoms with Crippen LogP contribution < -0.4 is 10.1 Å². The molecule has 0 spiro atoms. The first kappa shape index (κ1) is 21.7. The van der Waals surface area contributed by atoms with Crippen molar-refractivity contribution in [3.05, 3.63) is 98.5 Å². The van der Waals surface area contributed by atoms with Gasteiger partial charge in [0.15, 0.2) is 6.61 Å². The second-order valence-electron chi connectivity index (χ2n) is 6.37. The highest BCUT2D eigenvalue weighted by Gasteiger charge is 2.09. The topological polar surface area (TPSA) is 105 Å². The molecule has 0 aliphatic carbocycles. The number of nitrogens with one attached hydrogen (secondary N) is 1. The molecule has 31 heavy (non-hydrogen) atoms. The number of para-hydroxylation sites is 1. The number of benzene rings is 3. The van der Waals surface area contributed by atoms with Gasteiger partial charge in [0, 0.05) is 17.8 Å². The number of nitriles is 1. The minimum Gasteiger partial charge on any atom is -0.483 e. The molecule has 0 aliphatic heterocycles. The largest absolute Gasteiger partial charge is 0.483 e. The number of amides is 1. The molecule has 3 aromatic rings. The summed E-state index contributed by atoms with van der Waals surface area (Å²) in [6, 6.07) is 22.2. The first-order valence-corrected chi connectivity index (χ1v) is 9.89. The zero-order chi connectivity index (χ0) is 22.2. The Hall–Kier alpha value is -3.96. The van der Waals surface area contributed by atoms with Crippen LogP contribution in [0.1, 0.15) is 11.1 Å². The van der Waals surface area contributed by atoms with E-state index in [4.69, 9.17) is 4.74 Å². The van der Waals surface area contributed by atoms with Crippen LogP contribution in [0.25, 0.3) is 11.6 Å². The zero-order valence-corrected chi connectivity index (χ0v) is 17.7. The summed E-state index contributed by atoms with van der Waals surface area (Å²) in [6.45, 7) is -0.158. The van der Waals surface area contributed by atoms with Crippen LogP contribution in [0.4, 0.5) is 11.4 Å². The lowest BCUT2D eigenvalue weighted by molar-refractivity contribution is -0.384. The molecule has 7 nitrogen and oxygen atoms in total. The third-order valence-corrected chi connectivity index (χ3v) is 4.81. The van der Waals surface area contributed by atoms with Crippen molar-refractivity contribution in [3.8, 4) is 11.8 Å².